The zero-order valence-electron chi connectivity index (χ0n) is 21.6. The number of hydrogen-bond donors (Lipinski definition) is 1. The first-order chi connectivity index (χ1) is 18.4. The van der Waals surface area contributed by atoms with Crippen molar-refractivity contribution in [3.05, 3.63) is 106 Å². The number of benzene rings is 3. The molecule has 0 bridgehead atoms. The summed E-state index contributed by atoms with van der Waals surface area (Å²) in [7, 11) is 0. The van der Waals surface area contributed by atoms with Gasteiger partial charge in [0.15, 0.2) is 11.5 Å². The minimum absolute atomic E-state index is 0.0182. The van der Waals surface area contributed by atoms with Crippen LogP contribution in [0.2, 0.25) is 5.02 Å². The molecule has 6 nitrogen and oxygen atoms in total. The Morgan fingerprint density at radius 1 is 0.974 bits per heavy atom. The lowest BCUT2D eigenvalue weighted by Crippen LogP contribution is -2.31. The van der Waals surface area contributed by atoms with Gasteiger partial charge in [0.25, 0.3) is 5.91 Å². The monoisotopic (exact) mass is 528 g/mol. The number of hydrogen-bond acceptors (Lipinski definition) is 5. The Kier molecular flexibility index (Phi) is 7.00. The number of Topliss-reactive ketones (excluding diaryl/α,β-unsaturated/α-hetero) is 1. The number of nitrogens with zero attached hydrogens (tertiary/aromatic N) is 2. The molecule has 1 atom stereocenters. The van der Waals surface area contributed by atoms with Crippen LogP contribution >= 0.6 is 11.6 Å². The van der Waals surface area contributed by atoms with E-state index in [0.29, 0.717) is 27.2 Å². The molecular weight excluding hydrogens is 500 g/mol. The van der Waals surface area contributed by atoms with E-state index in [1.165, 1.54) is 4.90 Å². The largest absolute Gasteiger partial charge is 0.503 e. The van der Waals surface area contributed by atoms with Gasteiger partial charge in [-0.15, -0.1) is 0 Å². The smallest absolute Gasteiger partial charge is 0.294 e. The van der Waals surface area contributed by atoms with Crippen LogP contribution in [0.15, 0.2) is 88.5 Å². The second kappa shape index (κ2) is 10.4. The van der Waals surface area contributed by atoms with Crippen LogP contribution in [0.3, 0.4) is 0 Å². The highest BCUT2D eigenvalue weighted by Gasteiger charge is 2.45. The standard InChI is InChI=1S/C31H29ClN2O4/c1-4-19-7-12-24(13-8-19)34-28(20-9-14-23(15-10-20)33(5-2)6-3)27(30(36)31(34)37)29(35)26-18-21-17-22(32)11-16-25(21)38-26/h7-18,28,36H,4-6H2,1-3H3. The molecule has 1 aliphatic heterocycles. The number of aliphatic hydroxyl groups is 1. The summed E-state index contributed by atoms with van der Waals surface area (Å²) in [6, 6.07) is 21.2. The normalized spacial score (nSPS) is 15.5. The molecule has 3 aromatic carbocycles. The zero-order valence-corrected chi connectivity index (χ0v) is 22.3. The highest BCUT2D eigenvalue weighted by molar-refractivity contribution is 6.31. The van der Waals surface area contributed by atoms with Crippen LogP contribution in [0.4, 0.5) is 11.4 Å². The highest BCUT2D eigenvalue weighted by atomic mass is 35.5. The van der Waals surface area contributed by atoms with Gasteiger partial charge in [-0.2, -0.15) is 0 Å². The third-order valence-corrected chi connectivity index (χ3v) is 7.35. The Labute approximate surface area is 226 Å². The van der Waals surface area contributed by atoms with E-state index in [-0.39, 0.29) is 11.3 Å². The van der Waals surface area contributed by atoms with Crippen LogP contribution in [0.1, 0.15) is 48.5 Å². The van der Waals surface area contributed by atoms with Gasteiger partial charge in [-0.25, -0.2) is 0 Å². The molecule has 194 valence electrons. The molecule has 1 amide bonds. The summed E-state index contributed by atoms with van der Waals surface area (Å²) in [6.45, 7) is 7.95. The lowest BCUT2D eigenvalue weighted by molar-refractivity contribution is -0.117. The van der Waals surface area contributed by atoms with Crippen LogP contribution in [0.25, 0.3) is 11.0 Å². The van der Waals surface area contributed by atoms with Crippen LogP contribution in [0, 0.1) is 0 Å². The van der Waals surface area contributed by atoms with Gasteiger partial charge in [-0.05, 0) is 79.9 Å². The molecule has 5 rings (SSSR count). The number of furan rings is 1. The molecule has 0 radical (unpaired) electrons. The van der Waals surface area contributed by atoms with E-state index >= 15 is 0 Å². The van der Waals surface area contributed by atoms with Gasteiger partial charge in [0, 0.05) is 34.9 Å². The Hall–Kier alpha value is -4.03. The third kappa shape index (κ3) is 4.45. The van der Waals surface area contributed by atoms with Crippen molar-refractivity contribution in [2.75, 3.05) is 22.9 Å². The number of rotatable bonds is 8. The van der Waals surface area contributed by atoms with Gasteiger partial charge in [0.1, 0.15) is 5.58 Å². The molecule has 2 heterocycles. The molecule has 0 aliphatic carbocycles. The average molecular weight is 529 g/mol. The Morgan fingerprint density at radius 3 is 2.29 bits per heavy atom. The van der Waals surface area contributed by atoms with E-state index in [0.717, 1.165) is 30.8 Å². The van der Waals surface area contributed by atoms with E-state index < -0.39 is 23.5 Å². The summed E-state index contributed by atoms with van der Waals surface area (Å²) in [6.07, 6.45) is 0.855. The molecular formula is C31H29ClN2O4. The Bertz CT molecular complexity index is 1530. The van der Waals surface area contributed by atoms with Gasteiger partial charge in [0.2, 0.25) is 5.78 Å². The minimum atomic E-state index is -0.829. The van der Waals surface area contributed by atoms with Crippen molar-refractivity contribution in [1.29, 1.82) is 0 Å². The van der Waals surface area contributed by atoms with E-state index in [1.54, 1.807) is 24.3 Å². The van der Waals surface area contributed by atoms with Gasteiger partial charge in [-0.1, -0.05) is 42.8 Å². The summed E-state index contributed by atoms with van der Waals surface area (Å²) in [5.74, 6) is -1.72. The van der Waals surface area contributed by atoms with Crippen molar-refractivity contribution in [3.63, 3.8) is 0 Å². The number of ketones is 1. The number of aryl methyl sites for hydroxylation is 1. The summed E-state index contributed by atoms with van der Waals surface area (Å²) >= 11 is 6.11. The number of halogens is 1. The average Bonchev–Trinajstić information content (AvgIpc) is 3.47. The number of fused-ring (bicyclic) bond motifs is 1. The molecule has 38 heavy (non-hydrogen) atoms. The van der Waals surface area contributed by atoms with Gasteiger partial charge >= 0.3 is 0 Å². The quantitative estimate of drug-likeness (QED) is 0.243. The predicted octanol–water partition coefficient (Wildman–Crippen LogP) is 7.28. The van der Waals surface area contributed by atoms with E-state index in [9.17, 15) is 14.7 Å². The number of amides is 1. The number of carbonyl (C=O) groups is 2. The van der Waals surface area contributed by atoms with Crippen molar-refractivity contribution >= 4 is 45.6 Å². The molecule has 4 aromatic rings. The van der Waals surface area contributed by atoms with Gasteiger partial charge < -0.3 is 14.4 Å². The maximum absolute atomic E-state index is 13.9. The number of carbonyl (C=O) groups excluding carboxylic acids is 2. The van der Waals surface area contributed by atoms with Crippen LogP contribution in [0.5, 0.6) is 0 Å². The first kappa shape index (κ1) is 25.6. The number of anilines is 2. The van der Waals surface area contributed by atoms with Crippen LogP contribution in [-0.4, -0.2) is 29.9 Å². The second-order valence-corrected chi connectivity index (χ2v) is 9.68. The second-order valence-electron chi connectivity index (χ2n) is 9.25. The maximum atomic E-state index is 13.9. The summed E-state index contributed by atoms with van der Waals surface area (Å²) in [4.78, 5) is 31.0. The lowest BCUT2D eigenvalue weighted by atomic mass is 9.94. The summed E-state index contributed by atoms with van der Waals surface area (Å²) in [5, 5.41) is 12.3. The van der Waals surface area contributed by atoms with Crippen LogP contribution < -0.4 is 9.80 Å². The van der Waals surface area contributed by atoms with Crippen molar-refractivity contribution in [3.8, 4) is 0 Å². The molecule has 1 N–H and O–H groups in total. The SMILES string of the molecule is CCc1ccc(N2C(=O)C(O)=C(C(=O)c3cc4cc(Cl)ccc4o3)C2c2ccc(N(CC)CC)cc2)cc1. The first-order valence-corrected chi connectivity index (χ1v) is 13.2. The molecule has 7 heteroatoms. The zero-order chi connectivity index (χ0) is 27.0. The molecule has 1 unspecified atom stereocenters. The van der Waals surface area contributed by atoms with Crippen molar-refractivity contribution in [2.24, 2.45) is 0 Å². The number of aliphatic hydroxyl groups excluding tert-OH is 1. The molecule has 0 saturated heterocycles. The van der Waals surface area contributed by atoms with Gasteiger partial charge in [-0.3, -0.25) is 14.5 Å². The first-order valence-electron chi connectivity index (χ1n) is 12.8. The fourth-order valence-corrected chi connectivity index (χ4v) is 5.21. The maximum Gasteiger partial charge on any atom is 0.294 e. The molecule has 0 saturated carbocycles. The molecule has 1 aliphatic rings. The Balaban J connectivity index is 1.62. The topological polar surface area (TPSA) is 74.0 Å². The van der Waals surface area contributed by atoms with Crippen molar-refractivity contribution in [1.82, 2.24) is 0 Å². The molecule has 1 aromatic heterocycles. The molecule has 0 fully saturated rings. The Morgan fingerprint density at radius 2 is 1.66 bits per heavy atom. The van der Waals surface area contributed by atoms with E-state index in [4.69, 9.17) is 16.0 Å². The third-order valence-electron chi connectivity index (χ3n) is 7.12. The fourth-order valence-electron chi connectivity index (χ4n) is 5.03. The fraction of sp³-hybridized carbons (Fsp3) is 0.226. The van der Waals surface area contributed by atoms with Crippen molar-refractivity contribution < 1.29 is 19.1 Å². The van der Waals surface area contributed by atoms with E-state index in [1.807, 2.05) is 48.5 Å². The molecule has 0 spiro atoms. The predicted molar refractivity (Wildman–Crippen MR) is 151 cm³/mol. The van der Waals surface area contributed by atoms with Crippen LogP contribution in [-0.2, 0) is 11.2 Å². The van der Waals surface area contributed by atoms with Gasteiger partial charge in [0.05, 0.1) is 11.6 Å². The highest BCUT2D eigenvalue weighted by Crippen LogP contribution is 2.43. The minimum Gasteiger partial charge on any atom is -0.503 e. The summed E-state index contributed by atoms with van der Waals surface area (Å²) in [5.41, 5.74) is 3.94. The summed E-state index contributed by atoms with van der Waals surface area (Å²) < 4.78 is 5.83. The van der Waals surface area contributed by atoms with Crippen molar-refractivity contribution in [2.45, 2.75) is 33.2 Å². The van der Waals surface area contributed by atoms with E-state index in [2.05, 4.69) is 25.7 Å². The lowest BCUT2D eigenvalue weighted by Gasteiger charge is -2.28.